The number of nitrogens with two attached hydrogens (primary N) is 2. The monoisotopic (exact) mass is 483 g/mol. The molecule has 6 N–H and O–H groups in total. The first-order chi connectivity index (χ1) is 16.6. The largest absolute Gasteiger partial charge is 0.457 e. The summed E-state index contributed by atoms with van der Waals surface area (Å²) in [7, 11) is 0. The summed E-state index contributed by atoms with van der Waals surface area (Å²) in [5.74, 6) is 0.845. The molecule has 182 valence electrons. The van der Waals surface area contributed by atoms with Crippen LogP contribution in [0.1, 0.15) is 11.1 Å². The zero-order chi connectivity index (χ0) is 25.5. The predicted molar refractivity (Wildman–Crippen MR) is 120 cm³/mol. The highest BCUT2D eigenvalue weighted by Gasteiger charge is 2.18. The maximum atomic E-state index is 11.4. The molecule has 0 fully saturated rings. The molecule has 0 saturated heterocycles. The van der Waals surface area contributed by atoms with Crippen LogP contribution in [-0.4, -0.2) is 37.5 Å². The fourth-order valence-electron chi connectivity index (χ4n) is 2.88. The van der Waals surface area contributed by atoms with E-state index in [1.54, 1.807) is 36.4 Å². The highest BCUT2D eigenvalue weighted by molar-refractivity contribution is 5.70. The van der Waals surface area contributed by atoms with Crippen molar-refractivity contribution in [1.29, 1.82) is 0 Å². The second-order valence-electron chi connectivity index (χ2n) is 7.17. The van der Waals surface area contributed by atoms with E-state index < -0.39 is 17.0 Å². The van der Waals surface area contributed by atoms with Gasteiger partial charge in [0.15, 0.2) is 0 Å². The normalized spacial score (nSPS) is 10.3. The first-order valence-electron chi connectivity index (χ1n) is 9.96. The van der Waals surface area contributed by atoms with Crippen molar-refractivity contribution in [3.63, 3.8) is 0 Å². The van der Waals surface area contributed by atoms with Gasteiger partial charge in [-0.25, -0.2) is 19.7 Å². The minimum absolute atomic E-state index is 0.0739. The van der Waals surface area contributed by atoms with Gasteiger partial charge >= 0.3 is 17.7 Å². The van der Waals surface area contributed by atoms with Crippen molar-refractivity contribution in [3.05, 3.63) is 88.0 Å². The molecule has 0 spiro atoms. The minimum atomic E-state index is -1.01. The minimum Gasteiger partial charge on any atom is -0.457 e. The van der Waals surface area contributed by atoms with Crippen LogP contribution in [0.15, 0.2) is 66.7 Å². The van der Waals surface area contributed by atoms with Crippen LogP contribution in [0.4, 0.5) is 15.3 Å². The van der Waals surface area contributed by atoms with E-state index in [2.05, 4.69) is 0 Å². The molecule has 0 unspecified atom stereocenters. The zero-order valence-corrected chi connectivity index (χ0v) is 18.1. The van der Waals surface area contributed by atoms with Crippen molar-refractivity contribution in [3.8, 4) is 23.0 Å². The Morgan fingerprint density at radius 3 is 1.63 bits per heavy atom. The van der Waals surface area contributed by atoms with E-state index in [4.69, 9.17) is 20.9 Å². The summed E-state index contributed by atoms with van der Waals surface area (Å²) in [6.07, 6.45) is 0. The van der Waals surface area contributed by atoms with Gasteiger partial charge in [0.1, 0.15) is 17.2 Å². The van der Waals surface area contributed by atoms with Gasteiger partial charge in [-0.1, -0.05) is 24.3 Å². The average molecular weight is 483 g/mol. The van der Waals surface area contributed by atoms with Crippen molar-refractivity contribution < 1.29 is 34.4 Å². The third-order valence-corrected chi connectivity index (χ3v) is 4.61. The Hall–Kier alpha value is -4.88. The molecular formula is C22H21N5O8. The van der Waals surface area contributed by atoms with E-state index in [1.807, 2.05) is 0 Å². The van der Waals surface area contributed by atoms with Crippen molar-refractivity contribution in [2.45, 2.75) is 13.1 Å². The van der Waals surface area contributed by atoms with Gasteiger partial charge in [0.05, 0.1) is 18.0 Å². The predicted octanol–water partition coefficient (Wildman–Crippen LogP) is 3.72. The number of hydroxylamine groups is 4. The fourth-order valence-corrected chi connectivity index (χ4v) is 2.88. The number of benzene rings is 3. The first-order valence-corrected chi connectivity index (χ1v) is 9.96. The van der Waals surface area contributed by atoms with Gasteiger partial charge in [-0.05, 0) is 41.5 Å². The van der Waals surface area contributed by atoms with Crippen molar-refractivity contribution in [2.75, 3.05) is 0 Å². The Morgan fingerprint density at radius 1 is 0.771 bits per heavy atom. The van der Waals surface area contributed by atoms with Crippen LogP contribution >= 0.6 is 0 Å². The third-order valence-electron chi connectivity index (χ3n) is 4.61. The second-order valence-corrected chi connectivity index (χ2v) is 7.17. The summed E-state index contributed by atoms with van der Waals surface area (Å²) in [5.41, 5.74) is 10.8. The Kier molecular flexibility index (Phi) is 7.66. The number of ether oxygens (including phenoxy) is 2. The summed E-state index contributed by atoms with van der Waals surface area (Å²) < 4.78 is 11.4. The maximum absolute atomic E-state index is 11.4. The molecule has 0 aliphatic heterocycles. The number of nitro groups is 1. The molecule has 35 heavy (non-hydrogen) atoms. The summed E-state index contributed by atoms with van der Waals surface area (Å²) in [5, 5.41) is 31.0. The number of nitrogens with zero attached hydrogens (tertiary/aromatic N) is 3. The van der Waals surface area contributed by atoms with Gasteiger partial charge in [-0.15, -0.1) is 0 Å². The van der Waals surface area contributed by atoms with Crippen molar-refractivity contribution >= 4 is 17.7 Å². The summed E-state index contributed by atoms with van der Waals surface area (Å²) in [4.78, 5) is 32.7. The van der Waals surface area contributed by atoms with Gasteiger partial charge in [0.25, 0.3) is 0 Å². The topological polar surface area (TPSA) is 195 Å². The highest BCUT2D eigenvalue weighted by atomic mass is 16.6. The molecule has 13 heteroatoms. The molecule has 3 aromatic carbocycles. The lowest BCUT2D eigenvalue weighted by Gasteiger charge is -2.13. The van der Waals surface area contributed by atoms with Gasteiger partial charge in [-0.3, -0.25) is 20.5 Å². The quantitative estimate of drug-likeness (QED) is 0.201. The van der Waals surface area contributed by atoms with Gasteiger partial charge in [-0.2, -0.15) is 0 Å². The number of rotatable bonds is 9. The Morgan fingerprint density at radius 2 is 1.20 bits per heavy atom. The number of hydrogen-bond donors (Lipinski definition) is 4. The van der Waals surface area contributed by atoms with Crippen LogP contribution in [0.5, 0.6) is 23.0 Å². The van der Waals surface area contributed by atoms with E-state index in [1.165, 1.54) is 30.3 Å². The third kappa shape index (κ3) is 6.80. The lowest BCUT2D eigenvalue weighted by Crippen LogP contribution is -2.31. The first kappa shape index (κ1) is 24.8. The Balaban J connectivity index is 1.74. The summed E-state index contributed by atoms with van der Waals surface area (Å²) >= 11 is 0. The number of urea groups is 2. The molecule has 4 amide bonds. The average Bonchev–Trinajstić information content (AvgIpc) is 2.81. The number of amides is 4. The fraction of sp³-hybridized carbons (Fsp3) is 0.0909. The van der Waals surface area contributed by atoms with E-state index in [-0.39, 0.29) is 36.0 Å². The number of carbonyl (C=O) groups excluding carboxylic acids is 2. The Bertz CT molecular complexity index is 1220. The zero-order valence-electron chi connectivity index (χ0n) is 18.1. The SMILES string of the molecule is NC(=O)N(O)Cc1ccc(Oc2ccc([N+](=O)[O-])c(Oc3ccc(CN(O)C(N)=O)cc3)c2)cc1. The van der Waals surface area contributed by atoms with Crippen LogP contribution < -0.4 is 20.9 Å². The smallest absolute Gasteiger partial charge is 0.338 e. The van der Waals surface area contributed by atoms with Gasteiger partial charge < -0.3 is 20.9 Å². The molecule has 0 bridgehead atoms. The number of nitro benzene ring substituents is 1. The molecule has 0 aliphatic carbocycles. The van der Waals surface area contributed by atoms with Gasteiger partial charge in [0.2, 0.25) is 5.75 Å². The van der Waals surface area contributed by atoms with Gasteiger partial charge in [0, 0.05) is 12.1 Å². The van der Waals surface area contributed by atoms with Crippen LogP contribution in [0.2, 0.25) is 0 Å². The van der Waals surface area contributed by atoms with Crippen LogP contribution in [0, 0.1) is 10.1 Å². The van der Waals surface area contributed by atoms with Crippen molar-refractivity contribution in [2.24, 2.45) is 11.5 Å². The van der Waals surface area contributed by atoms with E-state index in [0.717, 1.165) is 0 Å². The summed E-state index contributed by atoms with van der Waals surface area (Å²) in [6.45, 7) is -0.250. The molecule has 0 aromatic heterocycles. The number of carbonyl (C=O) groups is 2. The lowest BCUT2D eigenvalue weighted by molar-refractivity contribution is -0.385. The molecule has 0 heterocycles. The van der Waals surface area contributed by atoms with E-state index in [9.17, 15) is 30.1 Å². The molecule has 0 radical (unpaired) electrons. The second kappa shape index (κ2) is 10.8. The highest BCUT2D eigenvalue weighted by Crippen LogP contribution is 2.36. The number of hydrogen-bond acceptors (Lipinski definition) is 8. The summed E-state index contributed by atoms with van der Waals surface area (Å²) in [6, 6.07) is 14.5. The Labute approximate surface area is 198 Å². The molecule has 0 saturated carbocycles. The van der Waals surface area contributed by atoms with Crippen LogP contribution in [-0.2, 0) is 13.1 Å². The van der Waals surface area contributed by atoms with Crippen LogP contribution in [0.25, 0.3) is 0 Å². The van der Waals surface area contributed by atoms with E-state index in [0.29, 0.717) is 27.0 Å². The maximum Gasteiger partial charge on any atom is 0.338 e. The molecular weight excluding hydrogens is 462 g/mol. The van der Waals surface area contributed by atoms with Crippen LogP contribution in [0.3, 0.4) is 0 Å². The molecule has 3 aromatic rings. The van der Waals surface area contributed by atoms with E-state index >= 15 is 0 Å². The standard InChI is InChI=1S/C22H21N5O8/c23-21(28)25(30)12-14-1-5-16(6-2-14)34-18-9-10-19(27(32)33)20(11-18)35-17-7-3-15(4-8-17)13-26(31)22(24)29/h1-11,30-31H,12-13H2,(H2,23,28)(H2,24,29). The molecule has 0 atom stereocenters. The van der Waals surface area contributed by atoms with Crippen molar-refractivity contribution in [1.82, 2.24) is 10.1 Å². The lowest BCUT2D eigenvalue weighted by atomic mass is 10.2. The number of primary amides is 2. The molecule has 0 aliphatic rings. The molecule has 13 nitrogen and oxygen atoms in total. The molecule has 3 rings (SSSR count).